The first-order valence-corrected chi connectivity index (χ1v) is 10.2. The number of hydrogen-bond donors (Lipinski definition) is 2. The van der Waals surface area contributed by atoms with Gasteiger partial charge in [0.1, 0.15) is 5.75 Å². The first kappa shape index (κ1) is 18.7. The summed E-state index contributed by atoms with van der Waals surface area (Å²) in [6, 6.07) is 8.32. The van der Waals surface area contributed by atoms with E-state index in [0.717, 1.165) is 44.9 Å². The molecule has 5 unspecified atom stereocenters. The average Bonchev–Trinajstić information content (AvgIpc) is 3.30. The first-order chi connectivity index (χ1) is 13.2. The van der Waals surface area contributed by atoms with Crippen LogP contribution in [0.1, 0.15) is 30.9 Å². The lowest BCUT2D eigenvalue weighted by atomic mass is 9.84. The van der Waals surface area contributed by atoms with Crippen LogP contribution in [-0.2, 0) is 9.53 Å². The maximum atomic E-state index is 12.9. The summed E-state index contributed by atoms with van der Waals surface area (Å²) in [5.74, 6) is 2.00. The van der Waals surface area contributed by atoms with Crippen molar-refractivity contribution in [1.29, 1.82) is 0 Å². The minimum atomic E-state index is -0.00930. The highest BCUT2D eigenvalue weighted by molar-refractivity contribution is 5.80. The lowest BCUT2D eigenvalue weighted by Crippen LogP contribution is -2.48. The van der Waals surface area contributed by atoms with Gasteiger partial charge >= 0.3 is 0 Å². The van der Waals surface area contributed by atoms with Crippen LogP contribution in [0.4, 0.5) is 0 Å². The van der Waals surface area contributed by atoms with E-state index in [-0.39, 0.29) is 23.9 Å². The molecule has 6 heteroatoms. The summed E-state index contributed by atoms with van der Waals surface area (Å²) in [6.07, 6.45) is 3.48. The molecule has 0 radical (unpaired) electrons. The highest BCUT2D eigenvalue weighted by atomic mass is 16.5. The van der Waals surface area contributed by atoms with E-state index in [1.165, 1.54) is 12.0 Å². The number of benzene rings is 1. The molecule has 0 spiro atoms. The Hall–Kier alpha value is -1.63. The lowest BCUT2D eigenvalue weighted by molar-refractivity contribution is -0.127. The second kappa shape index (κ2) is 8.17. The fourth-order valence-corrected chi connectivity index (χ4v) is 5.21. The van der Waals surface area contributed by atoms with Crippen LogP contribution >= 0.6 is 0 Å². The molecule has 1 aliphatic heterocycles. The number of rotatable bonds is 6. The van der Waals surface area contributed by atoms with Gasteiger partial charge in [-0.3, -0.25) is 9.69 Å². The van der Waals surface area contributed by atoms with E-state index >= 15 is 0 Å². The Bertz CT molecular complexity index is 643. The summed E-state index contributed by atoms with van der Waals surface area (Å²) in [5, 5.41) is 3.23. The Balaban J connectivity index is 1.44. The summed E-state index contributed by atoms with van der Waals surface area (Å²) in [6.45, 7) is 3.82. The normalized spacial score (nSPS) is 31.6. The zero-order valence-electron chi connectivity index (χ0n) is 16.1. The molecule has 1 aromatic carbocycles. The van der Waals surface area contributed by atoms with Gasteiger partial charge in [0.25, 0.3) is 0 Å². The largest absolute Gasteiger partial charge is 0.497 e. The highest BCUT2D eigenvalue weighted by Crippen LogP contribution is 2.47. The topological polar surface area (TPSA) is 76.8 Å². The summed E-state index contributed by atoms with van der Waals surface area (Å²) in [7, 11) is 1.67. The number of amides is 1. The van der Waals surface area contributed by atoms with Gasteiger partial charge < -0.3 is 20.5 Å². The van der Waals surface area contributed by atoms with Gasteiger partial charge in [-0.05, 0) is 48.8 Å². The quantitative estimate of drug-likeness (QED) is 0.791. The van der Waals surface area contributed by atoms with Crippen LogP contribution in [0.3, 0.4) is 0 Å². The van der Waals surface area contributed by atoms with E-state index in [2.05, 4.69) is 22.3 Å². The van der Waals surface area contributed by atoms with Crippen molar-refractivity contribution in [2.24, 2.45) is 23.5 Å². The Kier molecular flexibility index (Phi) is 5.66. The van der Waals surface area contributed by atoms with Crippen molar-refractivity contribution in [3.63, 3.8) is 0 Å². The summed E-state index contributed by atoms with van der Waals surface area (Å²) < 4.78 is 10.8. The standard InChI is InChI=1S/C21H31N3O3/c1-26-17-6-4-14(5-7-17)18(24-8-10-27-11-9-24)13-23-21(25)19-15-2-3-16(12-15)20(19)22/h4-7,15-16,18-20H,2-3,8-13,22H2,1H3,(H,23,25). The average molecular weight is 373 g/mol. The summed E-state index contributed by atoms with van der Waals surface area (Å²) >= 11 is 0. The molecule has 148 valence electrons. The van der Waals surface area contributed by atoms with Crippen molar-refractivity contribution in [2.75, 3.05) is 40.0 Å². The second-order valence-corrected chi connectivity index (χ2v) is 8.12. The second-order valence-electron chi connectivity index (χ2n) is 8.12. The molecule has 4 rings (SSSR count). The van der Waals surface area contributed by atoms with E-state index in [4.69, 9.17) is 15.2 Å². The number of nitrogens with zero attached hydrogens (tertiary/aromatic N) is 1. The molecule has 27 heavy (non-hydrogen) atoms. The molecule has 3 fully saturated rings. The third-order valence-corrected chi connectivity index (χ3v) is 6.74. The lowest BCUT2D eigenvalue weighted by Gasteiger charge is -2.35. The van der Waals surface area contributed by atoms with Crippen LogP contribution in [0, 0.1) is 17.8 Å². The molecule has 2 bridgehead atoms. The van der Waals surface area contributed by atoms with Crippen molar-refractivity contribution >= 4 is 5.91 Å². The van der Waals surface area contributed by atoms with Crippen LogP contribution in [0.5, 0.6) is 5.75 Å². The van der Waals surface area contributed by atoms with Gasteiger partial charge in [0, 0.05) is 25.7 Å². The smallest absolute Gasteiger partial charge is 0.225 e. The first-order valence-electron chi connectivity index (χ1n) is 10.2. The van der Waals surface area contributed by atoms with Crippen LogP contribution in [0.2, 0.25) is 0 Å². The van der Waals surface area contributed by atoms with E-state index in [1.807, 2.05) is 12.1 Å². The molecule has 5 atom stereocenters. The number of hydrogen-bond acceptors (Lipinski definition) is 5. The van der Waals surface area contributed by atoms with Gasteiger partial charge in [-0.15, -0.1) is 0 Å². The maximum absolute atomic E-state index is 12.9. The fraction of sp³-hybridized carbons (Fsp3) is 0.667. The molecular formula is C21H31N3O3. The number of carbonyl (C=O) groups is 1. The van der Waals surface area contributed by atoms with Gasteiger partial charge in [-0.1, -0.05) is 12.1 Å². The zero-order chi connectivity index (χ0) is 18.8. The Morgan fingerprint density at radius 3 is 2.59 bits per heavy atom. The van der Waals surface area contributed by atoms with Crippen molar-refractivity contribution in [3.05, 3.63) is 29.8 Å². The van der Waals surface area contributed by atoms with Crippen molar-refractivity contribution in [2.45, 2.75) is 31.3 Å². The predicted octanol–water partition coefficient (Wildman–Crippen LogP) is 1.56. The van der Waals surface area contributed by atoms with Gasteiger partial charge in [0.05, 0.1) is 32.3 Å². The highest BCUT2D eigenvalue weighted by Gasteiger charge is 2.49. The molecule has 1 heterocycles. The minimum absolute atomic E-state index is 0.00930. The minimum Gasteiger partial charge on any atom is -0.497 e. The number of nitrogens with one attached hydrogen (secondary N) is 1. The third kappa shape index (κ3) is 3.84. The van der Waals surface area contributed by atoms with Gasteiger partial charge in [0.15, 0.2) is 0 Å². The monoisotopic (exact) mass is 373 g/mol. The number of nitrogens with two attached hydrogens (primary N) is 1. The summed E-state index contributed by atoms with van der Waals surface area (Å²) in [5.41, 5.74) is 7.55. The van der Waals surface area contributed by atoms with Crippen LogP contribution < -0.4 is 15.8 Å². The SMILES string of the molecule is COc1ccc(C(CNC(=O)C2C3CCC(C3)C2N)N2CCOCC2)cc1. The number of ether oxygens (including phenoxy) is 2. The van der Waals surface area contributed by atoms with Crippen LogP contribution in [0.25, 0.3) is 0 Å². The number of methoxy groups -OCH3 is 1. The molecule has 0 aromatic heterocycles. The van der Waals surface area contributed by atoms with Crippen molar-refractivity contribution in [1.82, 2.24) is 10.2 Å². The summed E-state index contributed by atoms with van der Waals surface area (Å²) in [4.78, 5) is 15.3. The predicted molar refractivity (Wildman–Crippen MR) is 103 cm³/mol. The molecule has 3 aliphatic rings. The number of morpholine rings is 1. The molecule has 1 aromatic rings. The van der Waals surface area contributed by atoms with Crippen LogP contribution in [0.15, 0.2) is 24.3 Å². The Morgan fingerprint density at radius 2 is 1.96 bits per heavy atom. The molecule has 3 N–H and O–H groups in total. The molecule has 2 aliphatic carbocycles. The molecular weight excluding hydrogens is 342 g/mol. The molecule has 1 saturated heterocycles. The van der Waals surface area contributed by atoms with Gasteiger partial charge in [-0.25, -0.2) is 0 Å². The van der Waals surface area contributed by atoms with Gasteiger partial charge in [-0.2, -0.15) is 0 Å². The third-order valence-electron chi connectivity index (χ3n) is 6.74. The van der Waals surface area contributed by atoms with Crippen LogP contribution in [-0.4, -0.2) is 56.8 Å². The number of fused-ring (bicyclic) bond motifs is 2. The van der Waals surface area contributed by atoms with Gasteiger partial charge in [0.2, 0.25) is 5.91 Å². The zero-order valence-corrected chi connectivity index (χ0v) is 16.1. The van der Waals surface area contributed by atoms with Crippen molar-refractivity contribution < 1.29 is 14.3 Å². The fourth-order valence-electron chi connectivity index (χ4n) is 5.21. The molecule has 1 amide bonds. The van der Waals surface area contributed by atoms with E-state index in [1.54, 1.807) is 7.11 Å². The molecule has 2 saturated carbocycles. The Morgan fingerprint density at radius 1 is 1.26 bits per heavy atom. The van der Waals surface area contributed by atoms with Crippen molar-refractivity contribution in [3.8, 4) is 5.75 Å². The van der Waals surface area contributed by atoms with E-state index in [9.17, 15) is 4.79 Å². The van der Waals surface area contributed by atoms with E-state index in [0.29, 0.717) is 18.4 Å². The number of carbonyl (C=O) groups excluding carboxylic acids is 1. The van der Waals surface area contributed by atoms with E-state index < -0.39 is 0 Å². The Labute approximate surface area is 161 Å². The molecule has 6 nitrogen and oxygen atoms in total. The maximum Gasteiger partial charge on any atom is 0.225 e.